The molecule has 0 aliphatic heterocycles. The van der Waals surface area contributed by atoms with Crippen LogP contribution in [0.25, 0.3) is 6.08 Å². The SMILES string of the molecule is O=C([O-])c1ccc(/C=C/C(=O)c2ccccc2Cl)cc1. The third-order valence-electron chi connectivity index (χ3n) is 2.71. The first-order valence-electron chi connectivity index (χ1n) is 5.86. The average Bonchev–Trinajstić information content (AvgIpc) is 2.45. The number of halogens is 1. The molecular weight excluding hydrogens is 276 g/mol. The summed E-state index contributed by atoms with van der Waals surface area (Å²) in [4.78, 5) is 22.5. The monoisotopic (exact) mass is 285 g/mol. The third-order valence-corrected chi connectivity index (χ3v) is 3.04. The summed E-state index contributed by atoms with van der Waals surface area (Å²) in [6.45, 7) is 0. The summed E-state index contributed by atoms with van der Waals surface area (Å²) in [5.74, 6) is -1.44. The average molecular weight is 286 g/mol. The van der Waals surface area contributed by atoms with Crippen molar-refractivity contribution in [3.05, 3.63) is 76.3 Å². The number of carbonyl (C=O) groups excluding carboxylic acids is 2. The molecule has 2 aromatic carbocycles. The second-order valence-corrected chi connectivity index (χ2v) is 4.49. The highest BCUT2D eigenvalue weighted by Gasteiger charge is 2.05. The summed E-state index contributed by atoms with van der Waals surface area (Å²) in [5, 5.41) is 11.0. The number of hydrogen-bond donors (Lipinski definition) is 0. The van der Waals surface area contributed by atoms with Crippen LogP contribution in [-0.4, -0.2) is 11.8 Å². The molecule has 0 saturated heterocycles. The molecule has 20 heavy (non-hydrogen) atoms. The van der Waals surface area contributed by atoms with Crippen molar-refractivity contribution < 1.29 is 14.7 Å². The van der Waals surface area contributed by atoms with Crippen LogP contribution in [0.3, 0.4) is 0 Å². The van der Waals surface area contributed by atoms with Gasteiger partial charge in [0.1, 0.15) is 0 Å². The predicted molar refractivity (Wildman–Crippen MR) is 75.6 cm³/mol. The molecule has 4 heteroatoms. The van der Waals surface area contributed by atoms with Gasteiger partial charge in [-0.3, -0.25) is 4.79 Å². The highest BCUT2D eigenvalue weighted by Crippen LogP contribution is 2.16. The number of carbonyl (C=O) groups is 2. The van der Waals surface area contributed by atoms with E-state index in [0.717, 1.165) is 5.56 Å². The Hall–Kier alpha value is -2.39. The van der Waals surface area contributed by atoms with Gasteiger partial charge >= 0.3 is 0 Å². The standard InChI is InChI=1S/C16H11ClO3/c17-14-4-2-1-3-13(14)15(18)10-7-11-5-8-12(9-6-11)16(19)20/h1-10H,(H,19,20)/p-1/b10-7+. The molecule has 0 fully saturated rings. The molecule has 0 spiro atoms. The number of allylic oxidation sites excluding steroid dienone is 1. The van der Waals surface area contributed by atoms with E-state index >= 15 is 0 Å². The predicted octanol–water partition coefficient (Wildman–Crippen LogP) is 2.60. The lowest BCUT2D eigenvalue weighted by atomic mass is 10.1. The summed E-state index contributed by atoms with van der Waals surface area (Å²) < 4.78 is 0. The zero-order valence-corrected chi connectivity index (χ0v) is 11.1. The minimum atomic E-state index is -1.23. The fourth-order valence-corrected chi connectivity index (χ4v) is 1.88. The minimum absolute atomic E-state index is 0.0968. The summed E-state index contributed by atoms with van der Waals surface area (Å²) in [6.07, 6.45) is 3.00. The number of aromatic carboxylic acids is 1. The van der Waals surface area contributed by atoms with Crippen molar-refractivity contribution in [3.63, 3.8) is 0 Å². The van der Waals surface area contributed by atoms with Crippen molar-refractivity contribution in [2.24, 2.45) is 0 Å². The van der Waals surface area contributed by atoms with E-state index in [1.807, 2.05) is 0 Å². The van der Waals surface area contributed by atoms with Crippen LogP contribution >= 0.6 is 11.6 Å². The van der Waals surface area contributed by atoms with Crippen molar-refractivity contribution in [2.75, 3.05) is 0 Å². The third kappa shape index (κ3) is 3.33. The lowest BCUT2D eigenvalue weighted by Gasteiger charge is -2.02. The lowest BCUT2D eigenvalue weighted by molar-refractivity contribution is -0.255. The maximum absolute atomic E-state index is 11.9. The van der Waals surface area contributed by atoms with E-state index in [4.69, 9.17) is 11.6 Å². The largest absolute Gasteiger partial charge is 0.545 e. The molecule has 0 amide bonds. The van der Waals surface area contributed by atoms with Crippen LogP contribution in [0.1, 0.15) is 26.3 Å². The molecule has 0 N–H and O–H groups in total. The molecule has 0 aliphatic rings. The van der Waals surface area contributed by atoms with Gasteiger partial charge in [-0.2, -0.15) is 0 Å². The summed E-state index contributed by atoms with van der Waals surface area (Å²) in [5.41, 5.74) is 1.24. The molecule has 0 atom stereocenters. The van der Waals surface area contributed by atoms with Gasteiger partial charge in [-0.05, 0) is 29.3 Å². The van der Waals surface area contributed by atoms with Crippen LogP contribution in [0.15, 0.2) is 54.6 Å². The fraction of sp³-hybridized carbons (Fsp3) is 0. The maximum atomic E-state index is 11.9. The molecule has 0 heterocycles. The van der Waals surface area contributed by atoms with Gasteiger partial charge in [0, 0.05) is 5.56 Å². The summed E-state index contributed by atoms with van der Waals surface area (Å²) >= 11 is 5.93. The Bertz CT molecular complexity index is 672. The first kappa shape index (κ1) is 14.0. The van der Waals surface area contributed by atoms with Crippen LogP contribution in [0.2, 0.25) is 5.02 Å². The minimum Gasteiger partial charge on any atom is -0.545 e. The molecule has 3 nitrogen and oxygen atoms in total. The maximum Gasteiger partial charge on any atom is 0.187 e. The van der Waals surface area contributed by atoms with Crippen molar-refractivity contribution in [2.45, 2.75) is 0 Å². The van der Waals surface area contributed by atoms with Gasteiger partial charge < -0.3 is 9.90 Å². The molecule has 0 saturated carbocycles. The number of carboxylic acids is 1. The molecule has 0 radical (unpaired) electrons. The molecular formula is C16H10ClO3-. The Morgan fingerprint density at radius 3 is 2.25 bits per heavy atom. The molecule has 100 valence electrons. The quantitative estimate of drug-likeness (QED) is 0.641. The van der Waals surface area contributed by atoms with E-state index in [0.29, 0.717) is 10.6 Å². The number of hydrogen-bond acceptors (Lipinski definition) is 3. The second kappa shape index (κ2) is 6.17. The Balaban J connectivity index is 2.15. The van der Waals surface area contributed by atoms with Crippen molar-refractivity contribution in [3.8, 4) is 0 Å². The number of ketones is 1. The lowest BCUT2D eigenvalue weighted by Crippen LogP contribution is -2.21. The highest BCUT2D eigenvalue weighted by atomic mass is 35.5. The van der Waals surface area contributed by atoms with Crippen LogP contribution in [0.5, 0.6) is 0 Å². The summed E-state index contributed by atoms with van der Waals surface area (Å²) in [7, 11) is 0. The second-order valence-electron chi connectivity index (χ2n) is 4.09. The van der Waals surface area contributed by atoms with Crippen molar-refractivity contribution in [1.82, 2.24) is 0 Å². The molecule has 0 aromatic heterocycles. The number of benzene rings is 2. The molecule has 0 aliphatic carbocycles. The van der Waals surface area contributed by atoms with Gasteiger partial charge in [-0.25, -0.2) is 0 Å². The molecule has 0 bridgehead atoms. The fourth-order valence-electron chi connectivity index (χ4n) is 1.65. The van der Waals surface area contributed by atoms with Crippen LogP contribution in [0, 0.1) is 0 Å². The molecule has 2 rings (SSSR count). The van der Waals surface area contributed by atoms with E-state index in [9.17, 15) is 14.7 Å². The van der Waals surface area contributed by atoms with Crippen LogP contribution in [0.4, 0.5) is 0 Å². The van der Waals surface area contributed by atoms with Crippen LogP contribution < -0.4 is 5.11 Å². The topological polar surface area (TPSA) is 57.2 Å². The van der Waals surface area contributed by atoms with Gasteiger partial charge in [0.2, 0.25) is 0 Å². The Kier molecular flexibility index (Phi) is 4.33. The highest BCUT2D eigenvalue weighted by molar-refractivity contribution is 6.34. The van der Waals surface area contributed by atoms with E-state index in [-0.39, 0.29) is 11.3 Å². The van der Waals surface area contributed by atoms with Gasteiger partial charge in [0.25, 0.3) is 0 Å². The number of rotatable bonds is 4. The zero-order chi connectivity index (χ0) is 14.5. The van der Waals surface area contributed by atoms with E-state index in [1.54, 1.807) is 42.5 Å². The Labute approximate surface area is 121 Å². The van der Waals surface area contributed by atoms with Gasteiger partial charge in [-0.1, -0.05) is 54.1 Å². The van der Waals surface area contributed by atoms with E-state index < -0.39 is 5.97 Å². The number of carboxylic acid groups (broad SMARTS) is 1. The molecule has 2 aromatic rings. The Morgan fingerprint density at radius 1 is 1.00 bits per heavy atom. The first-order valence-corrected chi connectivity index (χ1v) is 6.24. The first-order chi connectivity index (χ1) is 9.58. The zero-order valence-electron chi connectivity index (χ0n) is 10.4. The normalized spacial score (nSPS) is 10.7. The van der Waals surface area contributed by atoms with Crippen molar-refractivity contribution in [1.29, 1.82) is 0 Å². The summed E-state index contributed by atoms with van der Waals surface area (Å²) in [6, 6.07) is 12.8. The van der Waals surface area contributed by atoms with E-state index in [2.05, 4.69) is 0 Å². The van der Waals surface area contributed by atoms with Gasteiger partial charge in [-0.15, -0.1) is 0 Å². The van der Waals surface area contributed by atoms with Gasteiger partial charge in [0.15, 0.2) is 5.78 Å². The van der Waals surface area contributed by atoms with E-state index in [1.165, 1.54) is 18.2 Å². The smallest absolute Gasteiger partial charge is 0.187 e. The molecule has 0 unspecified atom stereocenters. The Morgan fingerprint density at radius 2 is 1.65 bits per heavy atom. The van der Waals surface area contributed by atoms with Gasteiger partial charge in [0.05, 0.1) is 11.0 Å². The van der Waals surface area contributed by atoms with Crippen LogP contribution in [-0.2, 0) is 0 Å². The van der Waals surface area contributed by atoms with Crippen molar-refractivity contribution >= 4 is 29.4 Å².